The van der Waals surface area contributed by atoms with Crippen LogP contribution < -0.4 is 5.32 Å². The van der Waals surface area contributed by atoms with E-state index in [0.717, 1.165) is 10.7 Å². The van der Waals surface area contributed by atoms with Crippen molar-refractivity contribution in [1.82, 2.24) is 10.2 Å². The Balaban J connectivity index is 2.71. The van der Waals surface area contributed by atoms with Gasteiger partial charge < -0.3 is 10.4 Å². The van der Waals surface area contributed by atoms with Gasteiger partial charge in [-0.25, -0.2) is 14.5 Å². The highest BCUT2D eigenvalue weighted by molar-refractivity contribution is 7.98. The summed E-state index contributed by atoms with van der Waals surface area (Å²) in [7, 11) is 0. The fraction of sp³-hybridized carbons (Fsp3) is 0.667. The summed E-state index contributed by atoms with van der Waals surface area (Å²) in [5, 5.41) is 11.2. The average Bonchev–Trinajstić information content (AvgIpc) is 2.50. The molecule has 0 saturated carbocycles. The van der Waals surface area contributed by atoms with Crippen molar-refractivity contribution >= 4 is 29.7 Å². The summed E-state index contributed by atoms with van der Waals surface area (Å²) in [4.78, 5) is 34.7. The zero-order chi connectivity index (χ0) is 12.3. The molecule has 1 aliphatic rings. The van der Waals surface area contributed by atoms with Crippen molar-refractivity contribution in [3.05, 3.63) is 0 Å². The minimum absolute atomic E-state index is 0.450. The fourth-order valence-corrected chi connectivity index (χ4v) is 1.93. The maximum atomic E-state index is 11.7. The smallest absolute Gasteiger partial charge is 0.326 e. The van der Waals surface area contributed by atoms with Crippen molar-refractivity contribution in [3.63, 3.8) is 0 Å². The van der Waals surface area contributed by atoms with Gasteiger partial charge in [-0.2, -0.15) is 11.8 Å². The number of carboxylic acids is 1. The van der Waals surface area contributed by atoms with E-state index in [9.17, 15) is 14.4 Å². The van der Waals surface area contributed by atoms with Gasteiger partial charge in [-0.05, 0) is 25.4 Å². The van der Waals surface area contributed by atoms with Gasteiger partial charge in [-0.3, -0.25) is 4.79 Å². The number of thioether (sulfide) groups is 1. The number of carbonyl (C=O) groups excluding carboxylic acids is 2. The van der Waals surface area contributed by atoms with Gasteiger partial charge in [-0.15, -0.1) is 0 Å². The Morgan fingerprint density at radius 2 is 2.25 bits per heavy atom. The molecule has 1 aliphatic heterocycles. The van der Waals surface area contributed by atoms with Crippen molar-refractivity contribution in [3.8, 4) is 0 Å². The molecule has 0 aromatic rings. The van der Waals surface area contributed by atoms with Crippen molar-refractivity contribution in [1.29, 1.82) is 0 Å². The zero-order valence-corrected chi connectivity index (χ0v) is 9.91. The van der Waals surface area contributed by atoms with E-state index in [0.29, 0.717) is 6.42 Å². The first-order valence-electron chi connectivity index (χ1n) is 4.84. The molecule has 0 bridgehead atoms. The van der Waals surface area contributed by atoms with Gasteiger partial charge in [0.1, 0.15) is 12.1 Å². The summed E-state index contributed by atoms with van der Waals surface area (Å²) in [6.45, 7) is 1.32. The Morgan fingerprint density at radius 1 is 1.62 bits per heavy atom. The lowest BCUT2D eigenvalue weighted by Crippen LogP contribution is -2.43. The first-order chi connectivity index (χ1) is 7.49. The lowest BCUT2D eigenvalue weighted by atomic mass is 10.2. The summed E-state index contributed by atoms with van der Waals surface area (Å²) in [5.74, 6) is -0.894. The Kier molecular flexibility index (Phi) is 4.17. The maximum absolute atomic E-state index is 11.7. The first-order valence-corrected chi connectivity index (χ1v) is 6.23. The Labute approximate surface area is 97.4 Å². The van der Waals surface area contributed by atoms with E-state index in [-0.39, 0.29) is 0 Å². The van der Waals surface area contributed by atoms with Crippen molar-refractivity contribution in [2.45, 2.75) is 25.4 Å². The van der Waals surface area contributed by atoms with Gasteiger partial charge in [0, 0.05) is 0 Å². The first kappa shape index (κ1) is 12.8. The third-order valence-electron chi connectivity index (χ3n) is 2.41. The van der Waals surface area contributed by atoms with Crippen molar-refractivity contribution < 1.29 is 19.5 Å². The van der Waals surface area contributed by atoms with Crippen molar-refractivity contribution in [2.24, 2.45) is 0 Å². The highest BCUT2D eigenvalue weighted by Crippen LogP contribution is 2.14. The standard InChI is InChI=1S/C9H14N2O4S/c1-5(8(13)14)11-7(12)6(3-4-16-2)10-9(11)15/h5-6H,3-4H2,1-2H3,(H,10,15)(H,13,14). The number of hydrogen-bond donors (Lipinski definition) is 2. The molecule has 2 N–H and O–H groups in total. The highest BCUT2D eigenvalue weighted by Gasteiger charge is 2.42. The molecular weight excluding hydrogens is 232 g/mol. The fourth-order valence-electron chi connectivity index (χ4n) is 1.46. The second-order valence-electron chi connectivity index (χ2n) is 3.51. The molecule has 1 fully saturated rings. The molecule has 0 spiro atoms. The highest BCUT2D eigenvalue weighted by atomic mass is 32.2. The molecule has 2 atom stereocenters. The summed E-state index contributed by atoms with van der Waals surface area (Å²) >= 11 is 1.57. The van der Waals surface area contributed by atoms with Crippen LogP contribution in [0.2, 0.25) is 0 Å². The third kappa shape index (κ3) is 2.46. The molecule has 1 saturated heterocycles. The Morgan fingerprint density at radius 3 is 2.75 bits per heavy atom. The number of urea groups is 1. The van der Waals surface area contributed by atoms with Crippen LogP contribution in [-0.4, -0.2) is 52.0 Å². The second-order valence-corrected chi connectivity index (χ2v) is 4.49. The van der Waals surface area contributed by atoms with Gasteiger partial charge >= 0.3 is 12.0 Å². The molecule has 1 heterocycles. The topological polar surface area (TPSA) is 86.7 Å². The monoisotopic (exact) mass is 246 g/mol. The molecule has 16 heavy (non-hydrogen) atoms. The van der Waals surface area contributed by atoms with Crippen LogP contribution in [0, 0.1) is 0 Å². The zero-order valence-electron chi connectivity index (χ0n) is 9.10. The summed E-state index contributed by atoms with van der Waals surface area (Å²) in [6.07, 6.45) is 2.42. The quantitative estimate of drug-likeness (QED) is 0.673. The van der Waals surface area contributed by atoms with Crippen LogP contribution in [0.5, 0.6) is 0 Å². The SMILES string of the molecule is CSCCC1NC(=O)N(C(C)C(=O)O)C1=O. The van der Waals surface area contributed by atoms with Crippen LogP contribution >= 0.6 is 11.8 Å². The van der Waals surface area contributed by atoms with Crippen LogP contribution in [0.3, 0.4) is 0 Å². The second kappa shape index (κ2) is 5.20. The van der Waals surface area contributed by atoms with Crippen LogP contribution in [-0.2, 0) is 9.59 Å². The molecule has 0 aromatic heterocycles. The average molecular weight is 246 g/mol. The molecular formula is C9H14N2O4S. The largest absolute Gasteiger partial charge is 0.480 e. The molecule has 0 radical (unpaired) electrons. The third-order valence-corrected chi connectivity index (χ3v) is 3.05. The number of rotatable bonds is 5. The van der Waals surface area contributed by atoms with E-state index in [1.165, 1.54) is 6.92 Å². The molecule has 2 unspecified atom stereocenters. The molecule has 0 aromatic carbocycles. The predicted octanol–water partition coefficient (Wildman–Crippen LogP) is 0.133. The van der Waals surface area contributed by atoms with Crippen LogP contribution in [0.15, 0.2) is 0 Å². The number of aliphatic carboxylic acids is 1. The van der Waals surface area contributed by atoms with E-state index in [2.05, 4.69) is 5.32 Å². The number of carbonyl (C=O) groups is 3. The normalized spacial score (nSPS) is 22.1. The number of nitrogens with zero attached hydrogens (tertiary/aromatic N) is 1. The number of hydrogen-bond acceptors (Lipinski definition) is 4. The summed E-state index contributed by atoms with van der Waals surface area (Å²) in [6, 6.07) is -2.32. The number of carboxylic acid groups (broad SMARTS) is 1. The molecule has 0 aliphatic carbocycles. The van der Waals surface area contributed by atoms with Gasteiger partial charge in [0.2, 0.25) is 0 Å². The molecule has 1 rings (SSSR count). The van der Waals surface area contributed by atoms with E-state index in [4.69, 9.17) is 5.11 Å². The summed E-state index contributed by atoms with van der Waals surface area (Å²) in [5.41, 5.74) is 0. The van der Waals surface area contributed by atoms with Gasteiger partial charge in [0.05, 0.1) is 0 Å². The van der Waals surface area contributed by atoms with Crippen LogP contribution in [0.1, 0.15) is 13.3 Å². The Hall–Kier alpha value is -1.24. The predicted molar refractivity (Wildman–Crippen MR) is 59.3 cm³/mol. The number of nitrogens with one attached hydrogen (secondary N) is 1. The van der Waals surface area contributed by atoms with E-state index >= 15 is 0 Å². The molecule has 7 heteroatoms. The van der Waals surface area contributed by atoms with Crippen LogP contribution in [0.4, 0.5) is 4.79 Å². The lowest BCUT2D eigenvalue weighted by molar-refractivity contribution is -0.146. The minimum Gasteiger partial charge on any atom is -0.480 e. The van der Waals surface area contributed by atoms with E-state index < -0.39 is 30.0 Å². The van der Waals surface area contributed by atoms with Crippen LogP contribution in [0.25, 0.3) is 0 Å². The summed E-state index contributed by atoms with van der Waals surface area (Å²) < 4.78 is 0. The van der Waals surface area contributed by atoms with Gasteiger partial charge in [0.15, 0.2) is 0 Å². The Bertz CT molecular complexity index is 321. The maximum Gasteiger partial charge on any atom is 0.326 e. The van der Waals surface area contributed by atoms with E-state index in [1.807, 2.05) is 6.26 Å². The minimum atomic E-state index is -1.19. The van der Waals surface area contributed by atoms with Gasteiger partial charge in [0.25, 0.3) is 5.91 Å². The number of imide groups is 1. The van der Waals surface area contributed by atoms with E-state index in [1.54, 1.807) is 11.8 Å². The molecule has 90 valence electrons. The lowest BCUT2D eigenvalue weighted by Gasteiger charge is -2.17. The molecule has 3 amide bonds. The molecule has 6 nitrogen and oxygen atoms in total. The van der Waals surface area contributed by atoms with Gasteiger partial charge in [-0.1, -0.05) is 0 Å². The number of amides is 3. The van der Waals surface area contributed by atoms with Crippen molar-refractivity contribution in [2.75, 3.05) is 12.0 Å².